The predicted octanol–water partition coefficient (Wildman–Crippen LogP) is 2.45. The summed E-state index contributed by atoms with van der Waals surface area (Å²) in [6.45, 7) is 5.79. The number of nitrogens with two attached hydrogens (primary N) is 1. The minimum absolute atomic E-state index is 0.112. The van der Waals surface area contributed by atoms with E-state index in [2.05, 4.69) is 19.2 Å². The number of rotatable bonds is 6. The number of hydrogen-bond donors (Lipinski definition) is 2. The van der Waals surface area contributed by atoms with Crippen LogP contribution in [0.1, 0.15) is 58.8 Å². The fourth-order valence-corrected chi connectivity index (χ4v) is 2.70. The number of hydrogen-bond acceptors (Lipinski definition) is 2. The van der Waals surface area contributed by atoms with Crippen molar-refractivity contribution < 1.29 is 4.79 Å². The van der Waals surface area contributed by atoms with Crippen LogP contribution in [0.4, 0.5) is 0 Å². The van der Waals surface area contributed by atoms with Gasteiger partial charge in [0.15, 0.2) is 0 Å². The molecule has 0 aliphatic heterocycles. The first kappa shape index (κ1) is 14.5. The second-order valence-electron chi connectivity index (χ2n) is 5.68. The average Bonchev–Trinajstić information content (AvgIpc) is 2.35. The molecule has 1 fully saturated rings. The number of carbonyl (C=O) groups is 1. The van der Waals surface area contributed by atoms with Crippen LogP contribution in [0.15, 0.2) is 0 Å². The van der Waals surface area contributed by atoms with E-state index in [9.17, 15) is 4.79 Å². The summed E-state index contributed by atoms with van der Waals surface area (Å²) in [6, 6.07) is 0. The second-order valence-corrected chi connectivity index (χ2v) is 5.68. The fraction of sp³-hybridized carbons (Fsp3) is 0.929. The normalized spacial score (nSPS) is 20.9. The Morgan fingerprint density at radius 1 is 1.35 bits per heavy atom. The fourth-order valence-electron chi connectivity index (χ4n) is 2.70. The van der Waals surface area contributed by atoms with Crippen molar-refractivity contribution >= 4 is 5.91 Å². The second kappa shape index (κ2) is 7.00. The molecule has 0 aromatic rings. The average molecular weight is 240 g/mol. The molecule has 1 rings (SSSR count). The molecule has 1 atom stereocenters. The molecular formula is C14H28N2O. The Hall–Kier alpha value is -0.570. The molecule has 0 aromatic carbocycles. The minimum atomic E-state index is -0.112. The van der Waals surface area contributed by atoms with E-state index in [1.54, 1.807) is 0 Å². The molecule has 100 valence electrons. The summed E-state index contributed by atoms with van der Waals surface area (Å²) in [5.41, 5.74) is 5.46. The lowest BCUT2D eigenvalue weighted by Crippen LogP contribution is -2.42. The van der Waals surface area contributed by atoms with Crippen molar-refractivity contribution in [3.05, 3.63) is 0 Å². The van der Waals surface area contributed by atoms with Gasteiger partial charge in [0.1, 0.15) is 0 Å². The first-order valence-corrected chi connectivity index (χ1v) is 7.10. The van der Waals surface area contributed by atoms with E-state index in [1.807, 2.05) is 0 Å². The van der Waals surface area contributed by atoms with Crippen molar-refractivity contribution in [2.45, 2.75) is 58.8 Å². The lowest BCUT2D eigenvalue weighted by Gasteiger charge is -2.32. The van der Waals surface area contributed by atoms with E-state index >= 15 is 0 Å². The van der Waals surface area contributed by atoms with Crippen LogP contribution >= 0.6 is 0 Å². The number of amides is 1. The van der Waals surface area contributed by atoms with Gasteiger partial charge >= 0.3 is 0 Å². The molecule has 3 N–H and O–H groups in total. The molecule has 3 heteroatoms. The zero-order valence-corrected chi connectivity index (χ0v) is 11.4. The third kappa shape index (κ3) is 4.30. The largest absolute Gasteiger partial charge is 0.355 e. The molecule has 0 spiro atoms. The van der Waals surface area contributed by atoms with E-state index in [1.165, 1.54) is 19.3 Å². The van der Waals surface area contributed by atoms with Crippen molar-refractivity contribution in [2.24, 2.45) is 17.1 Å². The van der Waals surface area contributed by atoms with Gasteiger partial charge < -0.3 is 11.1 Å². The lowest BCUT2D eigenvalue weighted by molar-refractivity contribution is -0.132. The van der Waals surface area contributed by atoms with E-state index in [0.717, 1.165) is 32.2 Å². The van der Waals surface area contributed by atoms with E-state index < -0.39 is 0 Å². The summed E-state index contributed by atoms with van der Waals surface area (Å²) in [6.07, 6.45) is 7.88. The Balaban J connectivity index is 2.37. The molecule has 0 bridgehead atoms. The van der Waals surface area contributed by atoms with Gasteiger partial charge in [0.05, 0.1) is 0 Å². The SMILES string of the molecule is CCC(CCN)CNC(=O)C1(C)CCCCC1. The molecule has 17 heavy (non-hydrogen) atoms. The third-order valence-corrected chi connectivity index (χ3v) is 4.21. The van der Waals surface area contributed by atoms with Crippen LogP contribution < -0.4 is 11.1 Å². The molecule has 3 nitrogen and oxygen atoms in total. The molecule has 0 heterocycles. The first-order chi connectivity index (χ1) is 8.12. The molecular weight excluding hydrogens is 212 g/mol. The molecule has 1 unspecified atom stereocenters. The summed E-state index contributed by atoms with van der Waals surface area (Å²) in [4.78, 5) is 12.2. The smallest absolute Gasteiger partial charge is 0.225 e. The lowest BCUT2D eigenvalue weighted by atomic mass is 9.75. The highest BCUT2D eigenvalue weighted by Gasteiger charge is 2.34. The Labute approximate surface area is 106 Å². The summed E-state index contributed by atoms with van der Waals surface area (Å²) in [5, 5.41) is 3.13. The van der Waals surface area contributed by atoms with Gasteiger partial charge in [-0.15, -0.1) is 0 Å². The standard InChI is InChI=1S/C14H28N2O/c1-3-12(7-10-15)11-16-13(17)14(2)8-5-4-6-9-14/h12H,3-11,15H2,1-2H3,(H,16,17). The Kier molecular flexibility index (Phi) is 5.96. The van der Waals surface area contributed by atoms with Crippen molar-refractivity contribution in [3.63, 3.8) is 0 Å². The predicted molar refractivity (Wildman–Crippen MR) is 71.7 cm³/mol. The molecule has 0 radical (unpaired) electrons. The third-order valence-electron chi connectivity index (χ3n) is 4.21. The highest BCUT2D eigenvalue weighted by Crippen LogP contribution is 2.35. The summed E-state index contributed by atoms with van der Waals surface area (Å²) in [5.74, 6) is 0.795. The zero-order chi connectivity index (χ0) is 12.7. The van der Waals surface area contributed by atoms with E-state index in [4.69, 9.17) is 5.73 Å². The molecule has 0 saturated heterocycles. The van der Waals surface area contributed by atoms with Crippen molar-refractivity contribution in [1.29, 1.82) is 0 Å². The van der Waals surface area contributed by atoms with Crippen LogP contribution in [0.5, 0.6) is 0 Å². The molecule has 1 saturated carbocycles. The van der Waals surface area contributed by atoms with Gasteiger partial charge in [-0.1, -0.05) is 39.5 Å². The number of nitrogens with one attached hydrogen (secondary N) is 1. The van der Waals surface area contributed by atoms with Crippen LogP contribution in [-0.4, -0.2) is 19.0 Å². The van der Waals surface area contributed by atoms with Gasteiger partial charge in [0.2, 0.25) is 5.91 Å². The maximum Gasteiger partial charge on any atom is 0.225 e. The van der Waals surface area contributed by atoms with Crippen LogP contribution in [0, 0.1) is 11.3 Å². The highest BCUT2D eigenvalue weighted by molar-refractivity contribution is 5.82. The van der Waals surface area contributed by atoms with Crippen LogP contribution in [-0.2, 0) is 4.79 Å². The summed E-state index contributed by atoms with van der Waals surface area (Å²) in [7, 11) is 0. The van der Waals surface area contributed by atoms with Gasteiger partial charge in [-0.25, -0.2) is 0 Å². The molecule has 1 amide bonds. The van der Waals surface area contributed by atoms with E-state index in [0.29, 0.717) is 12.5 Å². The van der Waals surface area contributed by atoms with Crippen molar-refractivity contribution in [1.82, 2.24) is 5.32 Å². The van der Waals surface area contributed by atoms with Crippen LogP contribution in [0.2, 0.25) is 0 Å². The molecule has 1 aliphatic carbocycles. The Morgan fingerprint density at radius 2 is 2.00 bits per heavy atom. The van der Waals surface area contributed by atoms with Gasteiger partial charge in [0.25, 0.3) is 0 Å². The van der Waals surface area contributed by atoms with Crippen molar-refractivity contribution in [2.75, 3.05) is 13.1 Å². The maximum atomic E-state index is 12.2. The van der Waals surface area contributed by atoms with Gasteiger partial charge in [0, 0.05) is 12.0 Å². The van der Waals surface area contributed by atoms with E-state index in [-0.39, 0.29) is 11.3 Å². The minimum Gasteiger partial charge on any atom is -0.355 e. The maximum absolute atomic E-state index is 12.2. The van der Waals surface area contributed by atoms with Crippen LogP contribution in [0.3, 0.4) is 0 Å². The summed E-state index contributed by atoms with van der Waals surface area (Å²) < 4.78 is 0. The Morgan fingerprint density at radius 3 is 2.53 bits per heavy atom. The van der Waals surface area contributed by atoms with Gasteiger partial charge in [-0.2, -0.15) is 0 Å². The topological polar surface area (TPSA) is 55.1 Å². The highest BCUT2D eigenvalue weighted by atomic mass is 16.2. The summed E-state index contributed by atoms with van der Waals surface area (Å²) >= 11 is 0. The first-order valence-electron chi connectivity index (χ1n) is 7.10. The Bertz CT molecular complexity index is 234. The van der Waals surface area contributed by atoms with Crippen molar-refractivity contribution in [3.8, 4) is 0 Å². The molecule has 1 aliphatic rings. The van der Waals surface area contributed by atoms with Gasteiger partial charge in [-0.05, 0) is 31.7 Å². The zero-order valence-electron chi connectivity index (χ0n) is 11.4. The van der Waals surface area contributed by atoms with Gasteiger partial charge in [-0.3, -0.25) is 4.79 Å². The quantitative estimate of drug-likeness (QED) is 0.749. The van der Waals surface area contributed by atoms with Crippen LogP contribution in [0.25, 0.3) is 0 Å². The number of carbonyl (C=O) groups excluding carboxylic acids is 1. The monoisotopic (exact) mass is 240 g/mol. The molecule has 0 aromatic heterocycles.